The van der Waals surface area contributed by atoms with Crippen molar-refractivity contribution in [3.8, 4) is 39.2 Å². The fraction of sp³-hybridized carbons (Fsp3) is 0.273. The number of aryl methyl sites for hydroxylation is 1. The van der Waals surface area contributed by atoms with Crippen molar-refractivity contribution in [1.29, 1.82) is 0 Å². The van der Waals surface area contributed by atoms with Gasteiger partial charge in [0.2, 0.25) is 5.88 Å². The molecule has 4 rings (SSSR count). The van der Waals surface area contributed by atoms with E-state index >= 15 is 0 Å². The van der Waals surface area contributed by atoms with E-state index in [2.05, 4.69) is 35.8 Å². The fourth-order valence-electron chi connectivity index (χ4n) is 3.14. The molecule has 12 heteroatoms. The first-order valence-electron chi connectivity index (χ1n) is 10.5. The molecule has 0 aliphatic heterocycles. The van der Waals surface area contributed by atoms with Gasteiger partial charge in [0, 0.05) is 41.0 Å². The van der Waals surface area contributed by atoms with E-state index in [-0.39, 0.29) is 18.0 Å². The van der Waals surface area contributed by atoms with Crippen LogP contribution in [0.5, 0.6) is 5.88 Å². The molecule has 0 atom stereocenters. The molecule has 3 N–H and O–H groups in total. The molecular formula is C22H23N7O4S. The van der Waals surface area contributed by atoms with Gasteiger partial charge in [-0.15, -0.1) is 16.4 Å². The van der Waals surface area contributed by atoms with E-state index in [0.717, 1.165) is 21.8 Å². The van der Waals surface area contributed by atoms with Crippen molar-refractivity contribution in [3.05, 3.63) is 46.0 Å². The van der Waals surface area contributed by atoms with Crippen molar-refractivity contribution in [2.45, 2.75) is 33.8 Å². The quantitative estimate of drug-likeness (QED) is 0.360. The van der Waals surface area contributed by atoms with E-state index in [1.165, 1.54) is 11.3 Å². The molecule has 0 bridgehead atoms. The Kier molecular flexibility index (Phi) is 6.68. The lowest BCUT2D eigenvalue weighted by molar-refractivity contribution is 0.233. The number of rotatable bonds is 7. The van der Waals surface area contributed by atoms with Crippen LogP contribution in [0.2, 0.25) is 0 Å². The number of carbonyl (C=O) groups excluding carboxylic acids is 1. The summed E-state index contributed by atoms with van der Waals surface area (Å²) in [6.45, 7) is 8.00. The number of urea groups is 1. The van der Waals surface area contributed by atoms with Crippen LogP contribution in [0.25, 0.3) is 33.3 Å². The summed E-state index contributed by atoms with van der Waals surface area (Å²) < 4.78 is 10.9. The van der Waals surface area contributed by atoms with Crippen LogP contribution in [0.15, 0.2) is 39.0 Å². The highest BCUT2D eigenvalue weighted by atomic mass is 32.1. The zero-order valence-corrected chi connectivity index (χ0v) is 19.8. The van der Waals surface area contributed by atoms with Gasteiger partial charge in [0.15, 0.2) is 0 Å². The largest absolute Gasteiger partial charge is 0.475 e. The van der Waals surface area contributed by atoms with Crippen molar-refractivity contribution in [2.24, 2.45) is 0 Å². The van der Waals surface area contributed by atoms with Crippen molar-refractivity contribution < 1.29 is 13.9 Å². The Morgan fingerprint density at radius 1 is 1.24 bits per heavy atom. The topological polar surface area (TPSA) is 148 Å². The number of aromatic nitrogens is 5. The summed E-state index contributed by atoms with van der Waals surface area (Å²) in [7, 11) is 0. The monoisotopic (exact) mass is 481 g/mol. The van der Waals surface area contributed by atoms with Gasteiger partial charge in [0.1, 0.15) is 16.5 Å². The molecule has 0 spiro atoms. The predicted octanol–water partition coefficient (Wildman–Crippen LogP) is 3.85. The lowest BCUT2D eigenvalue weighted by atomic mass is 10.0. The standard InChI is InChI=1S/C22H23N7O4S/c1-5-23-21(30)27-17-8-14(20-25-12(4)10-34-20)15(9-24-17)13-6-16(19-28-29-22(31)33-19)26-18(7-13)32-11(2)3/h6-11H,5H2,1-4H3,(H,29,31)(H2,23,24,27,30). The van der Waals surface area contributed by atoms with Gasteiger partial charge in [-0.2, -0.15) is 0 Å². The Morgan fingerprint density at radius 3 is 2.71 bits per heavy atom. The van der Waals surface area contributed by atoms with Crippen molar-refractivity contribution in [3.63, 3.8) is 0 Å². The average molecular weight is 482 g/mol. The first kappa shape index (κ1) is 23.1. The zero-order chi connectivity index (χ0) is 24.2. The lowest BCUT2D eigenvalue weighted by Crippen LogP contribution is -2.28. The second-order valence-electron chi connectivity index (χ2n) is 7.56. The highest BCUT2D eigenvalue weighted by Gasteiger charge is 2.18. The van der Waals surface area contributed by atoms with Gasteiger partial charge >= 0.3 is 11.8 Å². The van der Waals surface area contributed by atoms with Crippen LogP contribution in [0.1, 0.15) is 26.5 Å². The molecule has 0 radical (unpaired) electrons. The van der Waals surface area contributed by atoms with E-state index in [0.29, 0.717) is 29.5 Å². The minimum Gasteiger partial charge on any atom is -0.475 e. The number of pyridine rings is 2. The number of H-pyrrole nitrogens is 1. The smallest absolute Gasteiger partial charge is 0.434 e. The molecule has 0 aliphatic rings. The Bertz CT molecular complexity index is 1380. The maximum Gasteiger partial charge on any atom is 0.434 e. The van der Waals surface area contributed by atoms with Crippen LogP contribution < -0.4 is 21.1 Å². The van der Waals surface area contributed by atoms with E-state index < -0.39 is 5.76 Å². The van der Waals surface area contributed by atoms with Crippen LogP contribution in [0.4, 0.5) is 10.6 Å². The highest BCUT2D eigenvalue weighted by Crippen LogP contribution is 2.37. The molecule has 34 heavy (non-hydrogen) atoms. The fourth-order valence-corrected chi connectivity index (χ4v) is 3.97. The van der Waals surface area contributed by atoms with E-state index in [1.54, 1.807) is 24.4 Å². The molecule has 176 valence electrons. The van der Waals surface area contributed by atoms with Gasteiger partial charge < -0.3 is 14.5 Å². The molecular weight excluding hydrogens is 458 g/mol. The molecule has 4 aromatic rings. The normalized spacial score (nSPS) is 11.0. The minimum absolute atomic E-state index is 0.0366. The molecule has 0 aliphatic carbocycles. The van der Waals surface area contributed by atoms with Crippen LogP contribution in [0.3, 0.4) is 0 Å². The molecule has 4 heterocycles. The lowest BCUT2D eigenvalue weighted by Gasteiger charge is -2.14. The first-order valence-corrected chi connectivity index (χ1v) is 11.4. The summed E-state index contributed by atoms with van der Waals surface area (Å²) in [5, 5.41) is 14.2. The number of amides is 2. The van der Waals surface area contributed by atoms with Gasteiger partial charge in [0.05, 0.1) is 6.10 Å². The van der Waals surface area contributed by atoms with Gasteiger partial charge in [-0.25, -0.2) is 29.6 Å². The maximum absolute atomic E-state index is 12.0. The van der Waals surface area contributed by atoms with Gasteiger partial charge in [-0.05, 0) is 45.4 Å². The summed E-state index contributed by atoms with van der Waals surface area (Å²) >= 11 is 1.48. The number of hydrogen-bond acceptors (Lipinski definition) is 9. The summed E-state index contributed by atoms with van der Waals surface area (Å²) in [5.41, 5.74) is 3.38. The second kappa shape index (κ2) is 9.83. The Hall–Kier alpha value is -4.06. The van der Waals surface area contributed by atoms with Crippen LogP contribution in [-0.2, 0) is 0 Å². The third-order valence-electron chi connectivity index (χ3n) is 4.46. The number of thiazole rings is 1. The van der Waals surface area contributed by atoms with E-state index in [4.69, 9.17) is 9.15 Å². The van der Waals surface area contributed by atoms with Crippen molar-refractivity contribution in [1.82, 2.24) is 30.5 Å². The molecule has 11 nitrogen and oxygen atoms in total. The second-order valence-corrected chi connectivity index (χ2v) is 8.42. The van der Waals surface area contributed by atoms with Crippen LogP contribution in [0, 0.1) is 6.92 Å². The number of nitrogens with zero attached hydrogens (tertiary/aromatic N) is 4. The van der Waals surface area contributed by atoms with Gasteiger partial charge in [-0.1, -0.05) is 0 Å². The molecule has 0 aromatic carbocycles. The summed E-state index contributed by atoms with van der Waals surface area (Å²) in [5.74, 6) is 0.0623. The maximum atomic E-state index is 12.0. The number of anilines is 1. The summed E-state index contributed by atoms with van der Waals surface area (Å²) in [6.07, 6.45) is 1.51. The summed E-state index contributed by atoms with van der Waals surface area (Å²) in [4.78, 5) is 37.0. The molecule has 0 fully saturated rings. The number of ether oxygens (including phenoxy) is 1. The number of carbonyl (C=O) groups is 1. The molecule has 0 saturated carbocycles. The van der Waals surface area contributed by atoms with Gasteiger partial charge in [0.25, 0.3) is 5.89 Å². The van der Waals surface area contributed by atoms with Crippen molar-refractivity contribution >= 4 is 23.2 Å². The minimum atomic E-state index is -0.685. The Balaban J connectivity index is 1.86. The molecule has 4 aromatic heterocycles. The summed E-state index contributed by atoms with van der Waals surface area (Å²) in [6, 6.07) is 4.91. The van der Waals surface area contributed by atoms with Crippen molar-refractivity contribution in [2.75, 3.05) is 11.9 Å². The van der Waals surface area contributed by atoms with E-state index in [9.17, 15) is 9.59 Å². The number of aromatic amines is 1. The Labute approximate surface area is 198 Å². The average Bonchev–Trinajstić information content (AvgIpc) is 3.41. The molecule has 0 unspecified atom stereocenters. The van der Waals surface area contributed by atoms with Crippen LogP contribution in [-0.4, -0.2) is 43.8 Å². The number of nitrogens with one attached hydrogen (secondary N) is 3. The SMILES string of the molecule is CCNC(=O)Nc1cc(-c2nc(C)cs2)c(-c2cc(OC(C)C)nc(-c3n[nH]c(=O)o3)c2)cn1. The van der Waals surface area contributed by atoms with E-state index in [1.807, 2.05) is 33.1 Å². The molecule has 2 amide bonds. The third kappa shape index (κ3) is 5.29. The molecule has 0 saturated heterocycles. The Morgan fingerprint density at radius 2 is 2.06 bits per heavy atom. The van der Waals surface area contributed by atoms with Gasteiger partial charge in [-0.3, -0.25) is 5.32 Å². The predicted molar refractivity (Wildman–Crippen MR) is 128 cm³/mol. The third-order valence-corrected chi connectivity index (χ3v) is 5.45. The number of hydrogen-bond donors (Lipinski definition) is 3. The highest BCUT2D eigenvalue weighted by molar-refractivity contribution is 7.13. The zero-order valence-electron chi connectivity index (χ0n) is 19.0. The van der Waals surface area contributed by atoms with Crippen LogP contribution >= 0.6 is 11.3 Å². The first-order chi connectivity index (χ1) is 16.3.